The normalized spacial score (nSPS) is 13.1. The molecule has 5 heteroatoms. The number of aryl methyl sites for hydroxylation is 1. The van der Waals surface area contributed by atoms with Gasteiger partial charge in [0.25, 0.3) is 0 Å². The third kappa shape index (κ3) is 3.27. The maximum absolute atomic E-state index is 14.3. The van der Waals surface area contributed by atoms with E-state index < -0.39 is 11.6 Å². The molecule has 1 fully saturated rings. The second kappa shape index (κ2) is 6.63. The predicted octanol–water partition coefficient (Wildman–Crippen LogP) is 5.26. The number of nitrogens with zero attached hydrogens (tertiary/aromatic N) is 1. The summed E-state index contributed by atoms with van der Waals surface area (Å²) in [6.07, 6.45) is 1.86. The van der Waals surface area contributed by atoms with Crippen LogP contribution in [0.2, 0.25) is 0 Å². The van der Waals surface area contributed by atoms with Crippen molar-refractivity contribution < 1.29 is 13.2 Å². The summed E-state index contributed by atoms with van der Waals surface area (Å²) >= 11 is 0.428. The Morgan fingerprint density at radius 3 is 2.33 bits per heavy atom. The summed E-state index contributed by atoms with van der Waals surface area (Å²) in [6.45, 7) is 1.70. The van der Waals surface area contributed by atoms with Crippen molar-refractivity contribution in [2.75, 3.05) is 0 Å². The van der Waals surface area contributed by atoms with Gasteiger partial charge in [-0.1, -0.05) is 17.9 Å². The van der Waals surface area contributed by atoms with Crippen LogP contribution in [0.25, 0.3) is 0 Å². The molecule has 0 aromatic heterocycles. The van der Waals surface area contributed by atoms with Gasteiger partial charge in [0, 0.05) is 16.7 Å². The van der Waals surface area contributed by atoms with Crippen LogP contribution < -0.4 is 0 Å². The molecule has 0 saturated heterocycles. The van der Waals surface area contributed by atoms with Gasteiger partial charge in [-0.05, 0) is 61.2 Å². The first-order chi connectivity index (χ1) is 11.5. The molecule has 0 bridgehead atoms. The van der Waals surface area contributed by atoms with Crippen molar-refractivity contribution >= 4 is 11.8 Å². The van der Waals surface area contributed by atoms with Crippen LogP contribution in [0.5, 0.6) is 0 Å². The molecule has 0 heterocycles. The zero-order valence-electron chi connectivity index (χ0n) is 12.8. The van der Waals surface area contributed by atoms with E-state index in [4.69, 9.17) is 5.26 Å². The summed E-state index contributed by atoms with van der Waals surface area (Å²) < 4.78 is 42.0. The Kier molecular flexibility index (Phi) is 4.55. The molecule has 0 spiro atoms. The average Bonchev–Trinajstić information content (AvgIpc) is 3.36. The molecule has 1 aliphatic carbocycles. The monoisotopic (exact) mass is 343 g/mol. The fraction of sp³-hybridized carbons (Fsp3) is 0.211. The van der Waals surface area contributed by atoms with Gasteiger partial charge in [0.05, 0.1) is 4.90 Å². The summed E-state index contributed by atoms with van der Waals surface area (Å²) in [7, 11) is 0. The maximum atomic E-state index is 14.3. The van der Waals surface area contributed by atoms with Crippen molar-refractivity contribution in [1.82, 2.24) is 0 Å². The fourth-order valence-corrected chi connectivity index (χ4v) is 2.90. The molecule has 1 aliphatic rings. The van der Waals surface area contributed by atoms with Crippen molar-refractivity contribution in [3.63, 3.8) is 0 Å². The van der Waals surface area contributed by atoms with Crippen molar-refractivity contribution in [3.8, 4) is 17.2 Å². The number of halogens is 3. The van der Waals surface area contributed by atoms with E-state index in [-0.39, 0.29) is 22.2 Å². The van der Waals surface area contributed by atoms with Gasteiger partial charge in [-0.15, -0.1) is 0 Å². The second-order valence-corrected chi connectivity index (χ2v) is 6.44. The minimum absolute atomic E-state index is 0.148. The molecule has 3 rings (SSSR count). The van der Waals surface area contributed by atoms with Crippen LogP contribution in [0.4, 0.5) is 13.2 Å². The number of thioether (sulfide) groups is 1. The van der Waals surface area contributed by atoms with E-state index in [2.05, 4.69) is 11.8 Å². The standard InChI is InChI=1S/C19H12F3NS/c1-11-2-4-13(17(18(11)22)14-6-7-14)5-3-12-8-15(20)19(24-10-23)16(21)9-12/h2,4,8-9,14H,6-7H2,1H3. The van der Waals surface area contributed by atoms with Gasteiger partial charge in [0.15, 0.2) is 0 Å². The second-order valence-electron chi connectivity index (χ2n) is 5.64. The first kappa shape index (κ1) is 16.5. The Bertz CT molecular complexity index is 892. The Balaban J connectivity index is 2.00. The SMILES string of the molecule is Cc1ccc(C#Cc2cc(F)c(SC#N)c(F)c2)c(C2CC2)c1F. The van der Waals surface area contributed by atoms with Gasteiger partial charge in [0.1, 0.15) is 22.9 Å². The largest absolute Gasteiger partial charge is 0.206 e. The molecule has 24 heavy (non-hydrogen) atoms. The van der Waals surface area contributed by atoms with E-state index in [9.17, 15) is 13.2 Å². The summed E-state index contributed by atoms with van der Waals surface area (Å²) in [5, 5.41) is 10.2. The molecule has 0 aliphatic heterocycles. The number of nitriles is 1. The van der Waals surface area contributed by atoms with Crippen LogP contribution in [0, 0.1) is 46.9 Å². The molecule has 0 atom stereocenters. The van der Waals surface area contributed by atoms with Gasteiger partial charge in [-0.3, -0.25) is 0 Å². The van der Waals surface area contributed by atoms with Gasteiger partial charge in [-0.2, -0.15) is 5.26 Å². The number of benzene rings is 2. The van der Waals surface area contributed by atoms with E-state index in [0.29, 0.717) is 28.5 Å². The quantitative estimate of drug-likeness (QED) is 0.422. The number of hydrogen-bond acceptors (Lipinski definition) is 2. The number of rotatable bonds is 2. The van der Waals surface area contributed by atoms with Gasteiger partial charge < -0.3 is 0 Å². The molecule has 0 radical (unpaired) electrons. The molecule has 0 N–H and O–H groups in total. The summed E-state index contributed by atoms with van der Waals surface area (Å²) in [6, 6.07) is 5.55. The first-order valence-electron chi connectivity index (χ1n) is 7.37. The van der Waals surface area contributed by atoms with Crippen LogP contribution in [0.1, 0.15) is 41.0 Å². The van der Waals surface area contributed by atoms with E-state index in [1.165, 1.54) is 0 Å². The van der Waals surface area contributed by atoms with Crippen molar-refractivity contribution in [1.29, 1.82) is 5.26 Å². The van der Waals surface area contributed by atoms with E-state index in [1.807, 2.05) is 0 Å². The third-order valence-electron chi connectivity index (χ3n) is 3.85. The molecule has 0 unspecified atom stereocenters. The molecule has 120 valence electrons. The molecule has 2 aromatic rings. The highest BCUT2D eigenvalue weighted by Gasteiger charge is 2.29. The van der Waals surface area contributed by atoms with Crippen LogP contribution in [-0.2, 0) is 0 Å². The van der Waals surface area contributed by atoms with Crippen molar-refractivity contribution in [2.24, 2.45) is 0 Å². The van der Waals surface area contributed by atoms with Crippen LogP contribution in [0.15, 0.2) is 29.2 Å². The Labute approximate surface area is 142 Å². The minimum atomic E-state index is -0.830. The highest BCUT2D eigenvalue weighted by atomic mass is 32.2. The highest BCUT2D eigenvalue weighted by Crippen LogP contribution is 2.43. The van der Waals surface area contributed by atoms with Crippen LogP contribution in [-0.4, -0.2) is 0 Å². The van der Waals surface area contributed by atoms with Gasteiger partial charge in [0.2, 0.25) is 0 Å². The predicted molar refractivity (Wildman–Crippen MR) is 86.9 cm³/mol. The van der Waals surface area contributed by atoms with Gasteiger partial charge in [-0.25, -0.2) is 13.2 Å². The molecule has 1 saturated carbocycles. The van der Waals surface area contributed by atoms with Gasteiger partial charge >= 0.3 is 0 Å². The molecular weight excluding hydrogens is 331 g/mol. The average molecular weight is 343 g/mol. The fourth-order valence-electron chi connectivity index (χ4n) is 2.50. The van der Waals surface area contributed by atoms with Crippen LogP contribution in [0.3, 0.4) is 0 Å². The lowest BCUT2D eigenvalue weighted by Gasteiger charge is -2.07. The smallest absolute Gasteiger partial charge is 0.142 e. The zero-order chi connectivity index (χ0) is 17.3. The third-order valence-corrected chi connectivity index (χ3v) is 4.53. The zero-order valence-corrected chi connectivity index (χ0v) is 13.6. The van der Waals surface area contributed by atoms with Crippen molar-refractivity contribution in [3.05, 3.63) is 64.0 Å². The maximum Gasteiger partial charge on any atom is 0.142 e. The summed E-state index contributed by atoms with van der Waals surface area (Å²) in [5.41, 5.74) is 1.87. The summed E-state index contributed by atoms with van der Waals surface area (Å²) in [4.78, 5) is -0.344. The van der Waals surface area contributed by atoms with E-state index in [1.54, 1.807) is 24.5 Å². The molecule has 1 nitrogen and oxygen atoms in total. The lowest BCUT2D eigenvalue weighted by Crippen LogP contribution is -1.96. The topological polar surface area (TPSA) is 23.8 Å². The first-order valence-corrected chi connectivity index (χ1v) is 8.19. The van der Waals surface area contributed by atoms with E-state index >= 15 is 0 Å². The lowest BCUT2D eigenvalue weighted by molar-refractivity contribution is 0.540. The lowest BCUT2D eigenvalue weighted by atomic mass is 9.99. The van der Waals surface area contributed by atoms with Crippen molar-refractivity contribution in [2.45, 2.75) is 30.6 Å². The van der Waals surface area contributed by atoms with Crippen LogP contribution >= 0.6 is 11.8 Å². The Morgan fingerprint density at radius 1 is 1.08 bits per heavy atom. The summed E-state index contributed by atoms with van der Waals surface area (Å²) in [5.74, 6) is 3.79. The minimum Gasteiger partial charge on any atom is -0.206 e. The number of thiocyanates is 1. The Hall–Kier alpha value is -2.37. The molecule has 2 aromatic carbocycles. The molecular formula is C19H12F3NS. The van der Waals surface area contributed by atoms with E-state index in [0.717, 1.165) is 25.0 Å². The number of hydrogen-bond donors (Lipinski definition) is 0. The Morgan fingerprint density at radius 2 is 1.75 bits per heavy atom. The highest BCUT2D eigenvalue weighted by molar-refractivity contribution is 8.03. The molecule has 0 amide bonds.